The third-order valence-corrected chi connectivity index (χ3v) is 2.39. The number of hydrogen-bond acceptors (Lipinski definition) is 3. The summed E-state index contributed by atoms with van der Waals surface area (Å²) in [4.78, 5) is 11.0. The molecule has 0 aliphatic carbocycles. The van der Waals surface area contributed by atoms with Gasteiger partial charge in [-0.2, -0.15) is 0 Å². The van der Waals surface area contributed by atoms with Gasteiger partial charge >= 0.3 is 5.97 Å². The van der Waals surface area contributed by atoms with Crippen LogP contribution in [0.1, 0.15) is 32.6 Å². The zero-order valence-electron chi connectivity index (χ0n) is 8.75. The predicted octanol–water partition coefficient (Wildman–Crippen LogP) is 1.75. The topological polar surface area (TPSA) is 38.3 Å². The highest BCUT2D eigenvalue weighted by Gasteiger charge is 2.14. The standard InChI is InChI=1S/C10H19NO2.ClH/c1-2-3-10(12)13-8-9-4-6-11-7-5-9;/h9,11H,2-8H2,1H3;1H. The molecule has 0 unspecified atom stereocenters. The van der Waals surface area contributed by atoms with E-state index < -0.39 is 0 Å². The molecule has 0 aromatic carbocycles. The number of halogens is 1. The van der Waals surface area contributed by atoms with Gasteiger partial charge in [-0.25, -0.2) is 0 Å². The van der Waals surface area contributed by atoms with Crippen molar-refractivity contribution < 1.29 is 9.53 Å². The highest BCUT2D eigenvalue weighted by atomic mass is 35.5. The molecule has 1 rings (SSSR count). The van der Waals surface area contributed by atoms with Crippen LogP contribution in [0.4, 0.5) is 0 Å². The van der Waals surface area contributed by atoms with Crippen molar-refractivity contribution in [2.45, 2.75) is 32.6 Å². The van der Waals surface area contributed by atoms with Crippen molar-refractivity contribution in [3.8, 4) is 0 Å². The molecule has 0 radical (unpaired) electrons. The van der Waals surface area contributed by atoms with Crippen molar-refractivity contribution in [3.63, 3.8) is 0 Å². The lowest BCUT2D eigenvalue weighted by atomic mass is 9.99. The van der Waals surface area contributed by atoms with E-state index in [-0.39, 0.29) is 18.4 Å². The zero-order valence-corrected chi connectivity index (χ0v) is 9.57. The molecule has 14 heavy (non-hydrogen) atoms. The molecule has 0 amide bonds. The Kier molecular flexibility index (Phi) is 7.90. The van der Waals surface area contributed by atoms with E-state index in [1.54, 1.807) is 0 Å². The summed E-state index contributed by atoms with van der Waals surface area (Å²) in [5.41, 5.74) is 0. The molecule has 0 aromatic heterocycles. The molecule has 0 aromatic rings. The Morgan fingerprint density at radius 3 is 2.64 bits per heavy atom. The van der Waals surface area contributed by atoms with Crippen LogP contribution in [0, 0.1) is 5.92 Å². The lowest BCUT2D eigenvalue weighted by molar-refractivity contribution is -0.145. The minimum Gasteiger partial charge on any atom is -0.465 e. The van der Waals surface area contributed by atoms with Gasteiger partial charge in [-0.1, -0.05) is 6.92 Å². The molecule has 84 valence electrons. The molecule has 1 heterocycles. The van der Waals surface area contributed by atoms with E-state index in [1.807, 2.05) is 6.92 Å². The third-order valence-electron chi connectivity index (χ3n) is 2.39. The highest BCUT2D eigenvalue weighted by molar-refractivity contribution is 5.85. The fourth-order valence-corrected chi connectivity index (χ4v) is 1.54. The van der Waals surface area contributed by atoms with Gasteiger partial charge in [0.15, 0.2) is 0 Å². The number of nitrogens with one attached hydrogen (secondary N) is 1. The molecule has 1 fully saturated rings. The van der Waals surface area contributed by atoms with Crippen LogP contribution in [0.2, 0.25) is 0 Å². The Morgan fingerprint density at radius 1 is 1.43 bits per heavy atom. The maximum absolute atomic E-state index is 11.0. The van der Waals surface area contributed by atoms with E-state index >= 15 is 0 Å². The van der Waals surface area contributed by atoms with Gasteiger partial charge in [-0.3, -0.25) is 4.79 Å². The molecule has 1 saturated heterocycles. The maximum Gasteiger partial charge on any atom is 0.305 e. The monoisotopic (exact) mass is 221 g/mol. The largest absolute Gasteiger partial charge is 0.465 e. The molecule has 0 saturated carbocycles. The minimum absolute atomic E-state index is 0. The summed E-state index contributed by atoms with van der Waals surface area (Å²) in [6.07, 6.45) is 3.72. The molecule has 4 heteroatoms. The molecule has 0 bridgehead atoms. The van der Waals surface area contributed by atoms with E-state index in [0.717, 1.165) is 32.4 Å². The summed E-state index contributed by atoms with van der Waals surface area (Å²) in [6.45, 7) is 4.75. The normalized spacial score (nSPS) is 17.2. The Balaban J connectivity index is 0.00000169. The summed E-state index contributed by atoms with van der Waals surface area (Å²) in [5.74, 6) is 0.545. The van der Waals surface area contributed by atoms with Crippen molar-refractivity contribution in [1.29, 1.82) is 0 Å². The number of carbonyl (C=O) groups is 1. The average Bonchev–Trinajstić information content (AvgIpc) is 2.17. The van der Waals surface area contributed by atoms with Gasteiger partial charge in [0.1, 0.15) is 0 Å². The smallest absolute Gasteiger partial charge is 0.305 e. The fourth-order valence-electron chi connectivity index (χ4n) is 1.54. The van der Waals surface area contributed by atoms with Crippen LogP contribution in [0.25, 0.3) is 0 Å². The van der Waals surface area contributed by atoms with Crippen LogP contribution < -0.4 is 5.32 Å². The van der Waals surface area contributed by atoms with Crippen LogP contribution in [0.5, 0.6) is 0 Å². The van der Waals surface area contributed by atoms with Crippen LogP contribution in [-0.2, 0) is 9.53 Å². The fraction of sp³-hybridized carbons (Fsp3) is 0.900. The van der Waals surface area contributed by atoms with Crippen molar-refractivity contribution in [2.24, 2.45) is 5.92 Å². The molecule has 0 atom stereocenters. The highest BCUT2D eigenvalue weighted by Crippen LogP contribution is 2.11. The van der Waals surface area contributed by atoms with E-state index in [0.29, 0.717) is 18.9 Å². The lowest BCUT2D eigenvalue weighted by Crippen LogP contribution is -2.30. The van der Waals surface area contributed by atoms with Crippen LogP contribution in [0.15, 0.2) is 0 Å². The van der Waals surface area contributed by atoms with E-state index in [1.165, 1.54) is 0 Å². The molecule has 1 N–H and O–H groups in total. The summed E-state index contributed by atoms with van der Waals surface area (Å²) in [7, 11) is 0. The Hall–Kier alpha value is -0.280. The summed E-state index contributed by atoms with van der Waals surface area (Å²) >= 11 is 0. The maximum atomic E-state index is 11.0. The summed E-state index contributed by atoms with van der Waals surface area (Å²) in [6, 6.07) is 0. The first-order valence-electron chi connectivity index (χ1n) is 5.19. The van der Waals surface area contributed by atoms with Gasteiger partial charge in [0.05, 0.1) is 6.61 Å². The Morgan fingerprint density at radius 2 is 2.07 bits per heavy atom. The SMILES string of the molecule is CCCC(=O)OCC1CCNCC1.Cl. The van der Waals surface area contributed by atoms with Gasteiger partial charge in [-0.15, -0.1) is 12.4 Å². The van der Waals surface area contributed by atoms with Crippen molar-refractivity contribution in [1.82, 2.24) is 5.32 Å². The number of rotatable bonds is 4. The van der Waals surface area contributed by atoms with Crippen LogP contribution in [-0.4, -0.2) is 25.7 Å². The second kappa shape index (κ2) is 8.06. The van der Waals surface area contributed by atoms with Gasteiger partial charge in [0.2, 0.25) is 0 Å². The third kappa shape index (κ3) is 5.45. The average molecular weight is 222 g/mol. The number of piperidine rings is 1. The van der Waals surface area contributed by atoms with Gasteiger partial charge in [-0.05, 0) is 38.3 Å². The summed E-state index contributed by atoms with van der Waals surface area (Å²) in [5, 5.41) is 3.29. The van der Waals surface area contributed by atoms with Gasteiger partial charge in [0.25, 0.3) is 0 Å². The number of carbonyl (C=O) groups excluding carboxylic acids is 1. The van der Waals surface area contributed by atoms with E-state index in [2.05, 4.69) is 5.32 Å². The first kappa shape index (κ1) is 13.7. The molecule has 1 aliphatic heterocycles. The van der Waals surface area contributed by atoms with Gasteiger partial charge in [0, 0.05) is 6.42 Å². The first-order valence-corrected chi connectivity index (χ1v) is 5.19. The number of esters is 1. The van der Waals surface area contributed by atoms with Crippen LogP contribution in [0.3, 0.4) is 0 Å². The Bertz CT molecular complexity index is 158. The molecule has 0 spiro atoms. The van der Waals surface area contributed by atoms with Crippen molar-refractivity contribution in [2.75, 3.05) is 19.7 Å². The quantitative estimate of drug-likeness (QED) is 0.736. The Labute approximate surface area is 92.0 Å². The second-order valence-electron chi connectivity index (χ2n) is 3.63. The second-order valence-corrected chi connectivity index (χ2v) is 3.63. The molecule has 3 nitrogen and oxygen atoms in total. The number of ether oxygens (including phenoxy) is 1. The summed E-state index contributed by atoms with van der Waals surface area (Å²) < 4.78 is 5.16. The van der Waals surface area contributed by atoms with Gasteiger partial charge < -0.3 is 10.1 Å². The van der Waals surface area contributed by atoms with Crippen molar-refractivity contribution in [3.05, 3.63) is 0 Å². The first-order chi connectivity index (χ1) is 6.33. The molecule has 1 aliphatic rings. The molecular weight excluding hydrogens is 202 g/mol. The lowest BCUT2D eigenvalue weighted by Gasteiger charge is -2.21. The zero-order chi connectivity index (χ0) is 9.52. The van der Waals surface area contributed by atoms with Crippen LogP contribution >= 0.6 is 12.4 Å². The number of hydrogen-bond donors (Lipinski definition) is 1. The predicted molar refractivity (Wildman–Crippen MR) is 58.7 cm³/mol. The van der Waals surface area contributed by atoms with E-state index in [4.69, 9.17) is 4.74 Å². The van der Waals surface area contributed by atoms with E-state index in [9.17, 15) is 4.79 Å². The minimum atomic E-state index is -0.0407. The molecular formula is C10H20ClNO2. The van der Waals surface area contributed by atoms with Crippen molar-refractivity contribution >= 4 is 18.4 Å².